The summed E-state index contributed by atoms with van der Waals surface area (Å²) in [6.45, 7) is 3.53. The molecule has 1 rings (SSSR count). The summed E-state index contributed by atoms with van der Waals surface area (Å²) in [5.41, 5.74) is 6.49. The number of likely N-dealkylation sites (N-methyl/N-ethyl adjacent to an activating group) is 1. The summed E-state index contributed by atoms with van der Waals surface area (Å²) >= 11 is 0. The molecule has 0 saturated heterocycles. The van der Waals surface area contributed by atoms with Gasteiger partial charge in [0.2, 0.25) is 0 Å². The number of rotatable bonds is 6. The van der Waals surface area contributed by atoms with E-state index in [0.717, 1.165) is 24.3 Å². The number of hydrogen-bond donors (Lipinski definition) is 1. The van der Waals surface area contributed by atoms with Gasteiger partial charge in [-0.1, -0.05) is 0 Å². The Kier molecular flexibility index (Phi) is 5.38. The first-order valence-corrected chi connectivity index (χ1v) is 5.81. The van der Waals surface area contributed by atoms with Crippen LogP contribution in [0.4, 0.5) is 4.39 Å². The molecule has 0 aliphatic carbocycles. The lowest BCUT2D eigenvalue weighted by atomic mass is 10.1. The molecular formula is C13H21FN2O. The third-order valence-corrected chi connectivity index (χ3v) is 3.07. The molecule has 0 aromatic heterocycles. The minimum Gasteiger partial charge on any atom is -0.496 e. The first kappa shape index (κ1) is 13.9. The lowest BCUT2D eigenvalue weighted by molar-refractivity contribution is 0.265. The van der Waals surface area contributed by atoms with Crippen LogP contribution < -0.4 is 10.5 Å². The summed E-state index contributed by atoms with van der Waals surface area (Å²) < 4.78 is 18.4. The topological polar surface area (TPSA) is 38.5 Å². The van der Waals surface area contributed by atoms with Gasteiger partial charge in [0.05, 0.1) is 7.11 Å². The summed E-state index contributed by atoms with van der Waals surface area (Å²) in [4.78, 5) is 2.16. The van der Waals surface area contributed by atoms with Crippen molar-refractivity contribution in [3.05, 3.63) is 29.6 Å². The van der Waals surface area contributed by atoms with Gasteiger partial charge in [0.25, 0.3) is 0 Å². The fourth-order valence-electron chi connectivity index (χ4n) is 1.64. The molecule has 0 fully saturated rings. The number of methoxy groups -OCH3 is 1. The van der Waals surface area contributed by atoms with Gasteiger partial charge in [-0.05, 0) is 44.2 Å². The third kappa shape index (κ3) is 3.98. The van der Waals surface area contributed by atoms with Gasteiger partial charge in [-0.3, -0.25) is 0 Å². The SMILES string of the molecule is COc1ccc(F)cc1CCN(C)C(C)CN. The smallest absolute Gasteiger partial charge is 0.123 e. The van der Waals surface area contributed by atoms with Crippen molar-refractivity contribution in [2.24, 2.45) is 5.73 Å². The van der Waals surface area contributed by atoms with E-state index in [1.165, 1.54) is 12.1 Å². The molecule has 1 aromatic carbocycles. The van der Waals surface area contributed by atoms with E-state index in [1.807, 2.05) is 7.05 Å². The zero-order valence-corrected chi connectivity index (χ0v) is 10.7. The normalized spacial score (nSPS) is 12.8. The van der Waals surface area contributed by atoms with E-state index in [9.17, 15) is 4.39 Å². The maximum Gasteiger partial charge on any atom is 0.123 e. The zero-order chi connectivity index (χ0) is 12.8. The highest BCUT2D eigenvalue weighted by molar-refractivity contribution is 5.34. The second-order valence-electron chi connectivity index (χ2n) is 4.27. The van der Waals surface area contributed by atoms with Crippen molar-refractivity contribution >= 4 is 0 Å². The van der Waals surface area contributed by atoms with Crippen molar-refractivity contribution in [3.63, 3.8) is 0 Å². The van der Waals surface area contributed by atoms with Gasteiger partial charge in [0.15, 0.2) is 0 Å². The Morgan fingerprint density at radius 1 is 1.47 bits per heavy atom. The highest BCUT2D eigenvalue weighted by atomic mass is 19.1. The fourth-order valence-corrected chi connectivity index (χ4v) is 1.64. The minimum atomic E-state index is -0.227. The van der Waals surface area contributed by atoms with Gasteiger partial charge in [0, 0.05) is 19.1 Å². The molecule has 1 unspecified atom stereocenters. The Labute approximate surface area is 102 Å². The molecule has 0 aliphatic rings. The van der Waals surface area contributed by atoms with Gasteiger partial charge in [-0.2, -0.15) is 0 Å². The molecule has 0 saturated carbocycles. The molecule has 0 bridgehead atoms. The predicted molar refractivity (Wildman–Crippen MR) is 67.8 cm³/mol. The second-order valence-corrected chi connectivity index (χ2v) is 4.27. The molecule has 1 aromatic rings. The largest absolute Gasteiger partial charge is 0.496 e. The zero-order valence-electron chi connectivity index (χ0n) is 10.7. The van der Waals surface area contributed by atoms with Gasteiger partial charge in [-0.15, -0.1) is 0 Å². The first-order valence-electron chi connectivity index (χ1n) is 5.81. The Morgan fingerprint density at radius 2 is 2.18 bits per heavy atom. The monoisotopic (exact) mass is 240 g/mol. The molecule has 0 radical (unpaired) electrons. The number of nitrogens with two attached hydrogens (primary N) is 1. The molecule has 0 amide bonds. The molecule has 0 spiro atoms. The van der Waals surface area contributed by atoms with E-state index >= 15 is 0 Å². The maximum absolute atomic E-state index is 13.1. The fraction of sp³-hybridized carbons (Fsp3) is 0.538. The van der Waals surface area contributed by atoms with Crippen LogP contribution >= 0.6 is 0 Å². The number of hydrogen-bond acceptors (Lipinski definition) is 3. The Morgan fingerprint density at radius 3 is 2.76 bits per heavy atom. The van der Waals surface area contributed by atoms with E-state index in [2.05, 4.69) is 11.8 Å². The van der Waals surface area contributed by atoms with Crippen LogP contribution in [0.2, 0.25) is 0 Å². The summed E-state index contributed by atoms with van der Waals surface area (Å²) in [6, 6.07) is 4.93. The average Bonchev–Trinajstić information content (AvgIpc) is 2.35. The van der Waals surface area contributed by atoms with Crippen molar-refractivity contribution in [2.45, 2.75) is 19.4 Å². The number of benzene rings is 1. The Balaban J connectivity index is 2.65. The minimum absolute atomic E-state index is 0.227. The van der Waals surface area contributed by atoms with Crippen molar-refractivity contribution in [1.29, 1.82) is 0 Å². The van der Waals surface area contributed by atoms with Gasteiger partial charge in [0.1, 0.15) is 11.6 Å². The van der Waals surface area contributed by atoms with Crippen LogP contribution in [0.25, 0.3) is 0 Å². The molecule has 17 heavy (non-hydrogen) atoms. The third-order valence-electron chi connectivity index (χ3n) is 3.07. The quantitative estimate of drug-likeness (QED) is 0.822. The van der Waals surface area contributed by atoms with Crippen LogP contribution in [0.5, 0.6) is 5.75 Å². The molecule has 3 nitrogen and oxygen atoms in total. The van der Waals surface area contributed by atoms with Crippen LogP contribution in [-0.2, 0) is 6.42 Å². The van der Waals surface area contributed by atoms with Crippen LogP contribution in [0.15, 0.2) is 18.2 Å². The van der Waals surface area contributed by atoms with Gasteiger partial charge in [-0.25, -0.2) is 4.39 Å². The van der Waals surface area contributed by atoms with E-state index in [0.29, 0.717) is 12.6 Å². The number of nitrogens with zero attached hydrogens (tertiary/aromatic N) is 1. The average molecular weight is 240 g/mol. The standard InChI is InChI=1S/C13H21FN2O/c1-10(9-15)16(2)7-6-11-8-12(14)4-5-13(11)17-3/h4-5,8,10H,6-7,9,15H2,1-3H3. The lowest BCUT2D eigenvalue weighted by Crippen LogP contribution is -2.36. The summed E-state index contributed by atoms with van der Waals surface area (Å²) in [7, 11) is 3.62. The van der Waals surface area contributed by atoms with E-state index in [-0.39, 0.29) is 5.82 Å². The first-order chi connectivity index (χ1) is 8.08. The Bertz CT molecular complexity index is 357. The van der Waals surface area contributed by atoms with Crippen molar-refractivity contribution in [1.82, 2.24) is 4.90 Å². The van der Waals surface area contributed by atoms with Crippen molar-refractivity contribution < 1.29 is 9.13 Å². The molecule has 4 heteroatoms. The summed E-state index contributed by atoms with van der Waals surface area (Å²) in [6.07, 6.45) is 0.752. The maximum atomic E-state index is 13.1. The number of halogens is 1. The van der Waals surface area contributed by atoms with E-state index in [1.54, 1.807) is 13.2 Å². The highest BCUT2D eigenvalue weighted by Gasteiger charge is 2.09. The van der Waals surface area contributed by atoms with Crippen LogP contribution in [0.3, 0.4) is 0 Å². The molecule has 0 aliphatic heterocycles. The molecule has 96 valence electrons. The lowest BCUT2D eigenvalue weighted by Gasteiger charge is -2.23. The van der Waals surface area contributed by atoms with E-state index in [4.69, 9.17) is 10.5 Å². The highest BCUT2D eigenvalue weighted by Crippen LogP contribution is 2.20. The van der Waals surface area contributed by atoms with Gasteiger partial charge < -0.3 is 15.4 Å². The van der Waals surface area contributed by atoms with Crippen LogP contribution in [0, 0.1) is 5.82 Å². The van der Waals surface area contributed by atoms with Crippen LogP contribution in [-0.4, -0.2) is 38.2 Å². The number of ether oxygens (including phenoxy) is 1. The van der Waals surface area contributed by atoms with Crippen molar-refractivity contribution in [3.8, 4) is 5.75 Å². The molecule has 2 N–H and O–H groups in total. The van der Waals surface area contributed by atoms with Gasteiger partial charge >= 0.3 is 0 Å². The summed E-state index contributed by atoms with van der Waals surface area (Å²) in [5.74, 6) is 0.510. The van der Waals surface area contributed by atoms with E-state index < -0.39 is 0 Å². The van der Waals surface area contributed by atoms with Crippen LogP contribution in [0.1, 0.15) is 12.5 Å². The molecule has 0 heterocycles. The molecule has 1 atom stereocenters. The van der Waals surface area contributed by atoms with Crippen molar-refractivity contribution in [2.75, 3.05) is 27.2 Å². The summed E-state index contributed by atoms with van der Waals surface area (Å²) in [5, 5.41) is 0. The molecular weight excluding hydrogens is 219 g/mol. The Hall–Kier alpha value is -1.13. The predicted octanol–water partition coefficient (Wildman–Crippen LogP) is 1.66. The second kappa shape index (κ2) is 6.57.